The number of anilines is 1. The lowest BCUT2D eigenvalue weighted by Crippen LogP contribution is -2.56. The molecule has 1 aliphatic carbocycles. The summed E-state index contributed by atoms with van der Waals surface area (Å²) in [5.74, 6) is -2.01. The Balaban J connectivity index is 1.22. The Morgan fingerprint density at radius 3 is 2.61 bits per heavy atom. The molecule has 3 fully saturated rings. The summed E-state index contributed by atoms with van der Waals surface area (Å²) in [4.78, 5) is 47.3. The number of benzene rings is 2. The molecule has 6 rings (SSSR count). The van der Waals surface area contributed by atoms with Crippen LogP contribution in [0.1, 0.15) is 51.0 Å². The van der Waals surface area contributed by atoms with Crippen molar-refractivity contribution in [3.63, 3.8) is 0 Å². The van der Waals surface area contributed by atoms with Crippen LogP contribution in [-0.4, -0.2) is 77.2 Å². The summed E-state index contributed by atoms with van der Waals surface area (Å²) in [6.45, 7) is 5.07. The summed E-state index contributed by atoms with van der Waals surface area (Å²) in [6.07, 6.45) is 11.2. The van der Waals surface area contributed by atoms with Gasteiger partial charge in [-0.15, -0.1) is 11.8 Å². The van der Waals surface area contributed by atoms with Gasteiger partial charge in [0.1, 0.15) is 11.6 Å². The molecule has 2 aromatic rings. The molecule has 0 aromatic heterocycles. The second kappa shape index (κ2) is 13.5. The summed E-state index contributed by atoms with van der Waals surface area (Å²) in [6, 6.07) is 17.4. The van der Waals surface area contributed by atoms with Crippen LogP contribution >= 0.6 is 11.8 Å². The molecular weight excluding hydrogens is 572 g/mol. The zero-order chi connectivity index (χ0) is 30.7. The molecule has 44 heavy (non-hydrogen) atoms. The second-order valence-corrected chi connectivity index (χ2v) is 13.4. The number of nitrogens with one attached hydrogen (secondary N) is 2. The summed E-state index contributed by atoms with van der Waals surface area (Å²) < 4.78 is 6.54. The predicted octanol–water partition coefficient (Wildman–Crippen LogP) is 4.86. The average Bonchev–Trinajstić information content (AvgIpc) is 3.69. The van der Waals surface area contributed by atoms with Crippen molar-refractivity contribution in [1.29, 1.82) is 0 Å². The van der Waals surface area contributed by atoms with E-state index in [9.17, 15) is 14.4 Å². The lowest BCUT2D eigenvalue weighted by molar-refractivity contribution is -0.141. The number of likely N-dealkylation sites (tertiary alicyclic amines) is 1. The molecule has 3 amide bonds. The first-order chi connectivity index (χ1) is 21.4. The molecule has 2 saturated heterocycles. The highest BCUT2D eigenvalue weighted by molar-refractivity contribution is 7.98. The highest BCUT2D eigenvalue weighted by atomic mass is 32.2. The molecule has 9 heteroatoms. The minimum atomic E-state index is -1.14. The van der Waals surface area contributed by atoms with Crippen LogP contribution in [0.4, 0.5) is 5.69 Å². The van der Waals surface area contributed by atoms with Crippen molar-refractivity contribution in [1.82, 2.24) is 15.1 Å². The van der Waals surface area contributed by atoms with Gasteiger partial charge in [0.05, 0.1) is 17.9 Å². The van der Waals surface area contributed by atoms with Crippen molar-refractivity contribution in [3.05, 3.63) is 72.3 Å². The fourth-order valence-electron chi connectivity index (χ4n) is 7.62. The van der Waals surface area contributed by atoms with Crippen LogP contribution in [0, 0.1) is 11.8 Å². The summed E-state index contributed by atoms with van der Waals surface area (Å²) in [7, 11) is 0. The first-order valence-electron chi connectivity index (χ1n) is 16.1. The molecule has 2 N–H and O–H groups in total. The quantitative estimate of drug-likeness (QED) is 0.262. The number of rotatable bonds is 12. The van der Waals surface area contributed by atoms with E-state index in [1.807, 2.05) is 60.9 Å². The molecule has 5 atom stereocenters. The molecule has 1 spiro atoms. The molecule has 8 nitrogen and oxygen atoms in total. The number of carbonyl (C=O) groups is 3. The van der Waals surface area contributed by atoms with Gasteiger partial charge in [-0.25, -0.2) is 0 Å². The van der Waals surface area contributed by atoms with E-state index in [0.29, 0.717) is 18.7 Å². The van der Waals surface area contributed by atoms with E-state index in [-0.39, 0.29) is 23.8 Å². The van der Waals surface area contributed by atoms with Crippen molar-refractivity contribution in [3.8, 4) is 0 Å². The van der Waals surface area contributed by atoms with Crippen LogP contribution in [0.5, 0.6) is 0 Å². The molecule has 234 valence electrons. The van der Waals surface area contributed by atoms with Gasteiger partial charge in [-0.2, -0.15) is 0 Å². The third kappa shape index (κ3) is 6.06. The monoisotopic (exact) mass is 616 g/mol. The Morgan fingerprint density at radius 2 is 1.86 bits per heavy atom. The fourth-order valence-corrected chi connectivity index (χ4v) is 8.08. The van der Waals surface area contributed by atoms with E-state index < -0.39 is 29.6 Å². The van der Waals surface area contributed by atoms with E-state index in [2.05, 4.69) is 34.6 Å². The molecular formula is C35H44N4O4S. The summed E-state index contributed by atoms with van der Waals surface area (Å²) in [5, 5.41) is 6.32. The van der Waals surface area contributed by atoms with Gasteiger partial charge in [-0.1, -0.05) is 74.7 Å². The van der Waals surface area contributed by atoms with Crippen LogP contribution in [0.2, 0.25) is 0 Å². The highest BCUT2D eigenvalue weighted by Gasteiger charge is 2.72. The van der Waals surface area contributed by atoms with Crippen molar-refractivity contribution in [2.24, 2.45) is 11.8 Å². The molecule has 0 radical (unpaired) electrons. The lowest BCUT2D eigenvalue weighted by Gasteiger charge is -2.34. The van der Waals surface area contributed by atoms with Crippen LogP contribution < -0.4 is 10.6 Å². The summed E-state index contributed by atoms with van der Waals surface area (Å²) in [5.41, 5.74) is 0.796. The number of carbonyl (C=O) groups excluding carboxylic acids is 3. The zero-order valence-corrected chi connectivity index (χ0v) is 26.6. The second-order valence-electron chi connectivity index (χ2n) is 12.5. The van der Waals surface area contributed by atoms with E-state index in [0.717, 1.165) is 50.2 Å². The van der Waals surface area contributed by atoms with E-state index in [1.54, 1.807) is 16.7 Å². The Bertz CT molecular complexity index is 1380. The van der Waals surface area contributed by atoms with Crippen molar-refractivity contribution in [2.45, 2.75) is 80.7 Å². The summed E-state index contributed by atoms with van der Waals surface area (Å²) >= 11 is 1.60. The molecule has 2 aromatic carbocycles. The van der Waals surface area contributed by atoms with Crippen LogP contribution in [0.25, 0.3) is 0 Å². The van der Waals surface area contributed by atoms with E-state index in [4.69, 9.17) is 4.74 Å². The maximum Gasteiger partial charge on any atom is 0.246 e. The molecule has 4 aliphatic rings. The van der Waals surface area contributed by atoms with Crippen LogP contribution in [-0.2, 0) is 25.7 Å². The van der Waals surface area contributed by atoms with Crippen LogP contribution in [0.15, 0.2) is 71.6 Å². The molecule has 1 saturated carbocycles. The number of amides is 3. The Labute approximate surface area is 265 Å². The van der Waals surface area contributed by atoms with E-state index in [1.165, 1.54) is 12.0 Å². The number of ether oxygens (including phenoxy) is 1. The highest BCUT2D eigenvalue weighted by Crippen LogP contribution is 2.55. The predicted molar refractivity (Wildman–Crippen MR) is 173 cm³/mol. The number of thioether (sulfide) groups is 1. The van der Waals surface area contributed by atoms with E-state index >= 15 is 0 Å². The number of nitrogens with zero attached hydrogens (tertiary/aromatic N) is 2. The first kappa shape index (κ1) is 30.9. The molecule has 3 aliphatic heterocycles. The Hall–Kier alpha value is -3.14. The Kier molecular flexibility index (Phi) is 9.45. The average molecular weight is 617 g/mol. The van der Waals surface area contributed by atoms with Crippen molar-refractivity contribution in [2.75, 3.05) is 31.2 Å². The third-order valence-corrected chi connectivity index (χ3v) is 10.5. The largest absolute Gasteiger partial charge is 0.359 e. The van der Waals surface area contributed by atoms with Gasteiger partial charge < -0.3 is 20.3 Å². The Morgan fingerprint density at radius 1 is 1.07 bits per heavy atom. The van der Waals surface area contributed by atoms with Crippen molar-refractivity contribution < 1.29 is 19.1 Å². The minimum absolute atomic E-state index is 0.107. The first-order valence-corrected chi connectivity index (χ1v) is 17.3. The molecule has 5 unspecified atom stereocenters. The normalized spacial score (nSPS) is 27.6. The van der Waals surface area contributed by atoms with Gasteiger partial charge in [0.2, 0.25) is 17.7 Å². The smallest absolute Gasteiger partial charge is 0.246 e. The van der Waals surface area contributed by atoms with Gasteiger partial charge in [-0.3, -0.25) is 19.3 Å². The molecule has 3 heterocycles. The maximum atomic E-state index is 14.3. The number of fused-ring (bicyclic) bond motifs is 1. The standard InChI is InChI=1S/C35H44N4O4S/c1-3-38(23-24-12-6-4-7-13-24)20-11-21-39-31(33(41)36-25-14-8-5-9-15-25)35-19-18-28(43-35)29(30(35)34(39)42)32(40)37-26-16-10-17-27(22-26)44-2/h4,6-7,10,12-13,16-19,22,25,28-31H,3,5,8-9,11,14-15,20-21,23H2,1-2H3,(H,36,41)(H,37,40). The lowest BCUT2D eigenvalue weighted by atomic mass is 9.74. The van der Waals surface area contributed by atoms with Gasteiger partial charge in [-0.05, 0) is 55.8 Å². The minimum Gasteiger partial charge on any atom is -0.359 e. The van der Waals surface area contributed by atoms with Gasteiger partial charge in [0.25, 0.3) is 0 Å². The third-order valence-electron chi connectivity index (χ3n) is 9.78. The number of hydrogen-bond acceptors (Lipinski definition) is 6. The molecule has 2 bridgehead atoms. The van der Waals surface area contributed by atoms with Gasteiger partial charge >= 0.3 is 0 Å². The maximum absolute atomic E-state index is 14.3. The van der Waals surface area contributed by atoms with Crippen molar-refractivity contribution >= 4 is 35.2 Å². The van der Waals surface area contributed by atoms with Crippen LogP contribution in [0.3, 0.4) is 0 Å². The fraction of sp³-hybridized carbons (Fsp3) is 0.514. The van der Waals surface area contributed by atoms with Gasteiger partial charge in [0.15, 0.2) is 0 Å². The van der Waals surface area contributed by atoms with Gasteiger partial charge in [0, 0.05) is 36.3 Å². The SMILES string of the molecule is CCN(CCCN1C(=O)C2C(C(=O)Nc3cccc(SC)c3)C3C=CC2(O3)C1C(=O)NC1CCCCC1)Cc1ccccc1. The topological polar surface area (TPSA) is 91.0 Å². The number of hydrogen-bond donors (Lipinski definition) is 2. The zero-order valence-electron chi connectivity index (χ0n) is 25.7.